The first-order chi connectivity index (χ1) is 9.28. The third kappa shape index (κ3) is 3.98. The van der Waals surface area contributed by atoms with Crippen molar-refractivity contribution in [2.75, 3.05) is 39.4 Å². The Bertz CT molecular complexity index is 336. The maximum atomic E-state index is 5.96. The number of morpholine rings is 1. The fourth-order valence-electron chi connectivity index (χ4n) is 2.99. The number of nitrogens with two attached hydrogens (primary N) is 1. The summed E-state index contributed by atoms with van der Waals surface area (Å²) in [5.74, 6) is 1.45. The number of nitrogens with zero attached hydrogens (tertiary/aromatic N) is 2. The minimum Gasteiger partial charge on any atom is -0.379 e. The van der Waals surface area contributed by atoms with Gasteiger partial charge in [0.05, 0.1) is 19.8 Å². The van der Waals surface area contributed by atoms with E-state index in [9.17, 15) is 0 Å². The molecule has 0 amide bonds. The van der Waals surface area contributed by atoms with Crippen LogP contribution in [-0.4, -0.2) is 55.8 Å². The number of hydrogen-bond acceptors (Lipinski definition) is 3. The Hall–Kier alpha value is -0.0800. The Morgan fingerprint density at radius 3 is 2.55 bits per heavy atom. The molecular weight excluding hydrogens is 367 g/mol. The number of ether oxygens (including phenoxy) is 1. The van der Waals surface area contributed by atoms with E-state index in [4.69, 9.17) is 10.5 Å². The summed E-state index contributed by atoms with van der Waals surface area (Å²) in [6.07, 6.45) is 6.58. The summed E-state index contributed by atoms with van der Waals surface area (Å²) in [6.45, 7) is 5.66. The van der Waals surface area contributed by atoms with Gasteiger partial charge in [0.2, 0.25) is 0 Å². The fourth-order valence-corrected chi connectivity index (χ4v) is 2.99. The fraction of sp³-hybridized carbons (Fsp3) is 0.929. The van der Waals surface area contributed by atoms with Crippen LogP contribution in [0.2, 0.25) is 0 Å². The quantitative estimate of drug-likeness (QED) is 0.418. The van der Waals surface area contributed by atoms with Gasteiger partial charge in [0.25, 0.3) is 0 Å². The van der Waals surface area contributed by atoms with Crippen LogP contribution in [0.5, 0.6) is 0 Å². The third-order valence-electron chi connectivity index (χ3n) is 4.85. The highest BCUT2D eigenvalue weighted by Gasteiger charge is 2.48. The molecule has 6 heteroatoms. The molecule has 3 fully saturated rings. The smallest absolute Gasteiger partial charge is 0.188 e. The molecule has 5 nitrogen and oxygen atoms in total. The van der Waals surface area contributed by atoms with E-state index in [1.807, 2.05) is 0 Å². The molecule has 0 spiro atoms. The molecule has 1 aliphatic heterocycles. The van der Waals surface area contributed by atoms with Crippen molar-refractivity contribution in [3.63, 3.8) is 0 Å². The minimum atomic E-state index is 0. The molecule has 0 aromatic carbocycles. The lowest BCUT2D eigenvalue weighted by Gasteiger charge is -2.34. The molecule has 0 unspecified atom stereocenters. The third-order valence-corrected chi connectivity index (χ3v) is 4.85. The summed E-state index contributed by atoms with van der Waals surface area (Å²) in [5.41, 5.74) is 6.26. The first kappa shape index (κ1) is 16.3. The zero-order valence-electron chi connectivity index (χ0n) is 12.1. The van der Waals surface area contributed by atoms with Gasteiger partial charge in [-0.25, -0.2) is 0 Å². The van der Waals surface area contributed by atoms with Gasteiger partial charge in [0.15, 0.2) is 5.96 Å². The topological polar surface area (TPSA) is 62.9 Å². The lowest BCUT2D eigenvalue weighted by Crippen LogP contribution is -2.47. The van der Waals surface area contributed by atoms with Crippen LogP contribution < -0.4 is 11.1 Å². The van der Waals surface area contributed by atoms with Gasteiger partial charge >= 0.3 is 0 Å². The molecule has 2 saturated carbocycles. The Kier molecular flexibility index (Phi) is 5.92. The SMILES string of the molecule is I.NC(=NCC1(N2CCOCC2)CC1)NCC1CCC1. The summed E-state index contributed by atoms with van der Waals surface area (Å²) in [4.78, 5) is 7.11. The van der Waals surface area contributed by atoms with Crippen LogP contribution in [0.4, 0.5) is 0 Å². The van der Waals surface area contributed by atoms with E-state index in [0.29, 0.717) is 11.5 Å². The lowest BCUT2D eigenvalue weighted by atomic mass is 9.85. The van der Waals surface area contributed by atoms with Crippen molar-refractivity contribution in [2.45, 2.75) is 37.6 Å². The highest BCUT2D eigenvalue weighted by atomic mass is 127. The Balaban J connectivity index is 0.00000147. The maximum absolute atomic E-state index is 5.96. The molecule has 0 aromatic heterocycles. The molecular formula is C14H27IN4O. The van der Waals surface area contributed by atoms with Crippen molar-refractivity contribution >= 4 is 29.9 Å². The average molecular weight is 394 g/mol. The number of aliphatic imine (C=N–C) groups is 1. The van der Waals surface area contributed by atoms with Gasteiger partial charge in [-0.3, -0.25) is 9.89 Å². The molecule has 20 heavy (non-hydrogen) atoms. The Morgan fingerprint density at radius 2 is 2.00 bits per heavy atom. The number of guanidine groups is 1. The van der Waals surface area contributed by atoms with Gasteiger partial charge in [-0.1, -0.05) is 6.42 Å². The molecule has 0 aromatic rings. The molecule has 1 saturated heterocycles. The van der Waals surface area contributed by atoms with E-state index in [2.05, 4.69) is 15.2 Å². The highest BCUT2D eigenvalue weighted by Crippen LogP contribution is 2.42. The number of hydrogen-bond donors (Lipinski definition) is 2. The number of nitrogens with one attached hydrogen (secondary N) is 1. The summed E-state index contributed by atoms with van der Waals surface area (Å²) in [7, 11) is 0. The van der Waals surface area contributed by atoms with Crippen LogP contribution in [0.3, 0.4) is 0 Å². The molecule has 116 valence electrons. The van der Waals surface area contributed by atoms with Crippen LogP contribution in [0, 0.1) is 5.92 Å². The van der Waals surface area contributed by atoms with Crippen LogP contribution in [-0.2, 0) is 4.74 Å². The summed E-state index contributed by atoms with van der Waals surface area (Å²) >= 11 is 0. The monoisotopic (exact) mass is 394 g/mol. The molecule has 3 N–H and O–H groups in total. The zero-order chi connectivity index (χ0) is 13.1. The van der Waals surface area contributed by atoms with E-state index < -0.39 is 0 Å². The molecule has 0 atom stereocenters. The standard InChI is InChI=1S/C14H26N4O.HI/c15-13(16-10-12-2-1-3-12)17-11-14(4-5-14)18-6-8-19-9-7-18;/h12H,1-11H2,(H3,15,16,17);1H. The van der Waals surface area contributed by atoms with Gasteiger partial charge in [-0.2, -0.15) is 0 Å². The second-order valence-corrected chi connectivity index (χ2v) is 6.20. The first-order valence-electron chi connectivity index (χ1n) is 7.65. The largest absolute Gasteiger partial charge is 0.379 e. The van der Waals surface area contributed by atoms with Crippen molar-refractivity contribution in [3.05, 3.63) is 0 Å². The molecule has 1 heterocycles. The van der Waals surface area contributed by atoms with Gasteiger partial charge in [0.1, 0.15) is 0 Å². The van der Waals surface area contributed by atoms with E-state index in [0.717, 1.165) is 45.3 Å². The van der Waals surface area contributed by atoms with Crippen molar-refractivity contribution < 1.29 is 4.74 Å². The van der Waals surface area contributed by atoms with Crippen LogP contribution in [0.1, 0.15) is 32.1 Å². The minimum absolute atomic E-state index is 0. The van der Waals surface area contributed by atoms with Crippen LogP contribution >= 0.6 is 24.0 Å². The van der Waals surface area contributed by atoms with Crippen molar-refractivity contribution in [2.24, 2.45) is 16.6 Å². The second-order valence-electron chi connectivity index (χ2n) is 6.20. The van der Waals surface area contributed by atoms with Crippen LogP contribution in [0.25, 0.3) is 0 Å². The van der Waals surface area contributed by atoms with Gasteiger partial charge in [-0.15, -0.1) is 24.0 Å². The van der Waals surface area contributed by atoms with Crippen LogP contribution in [0.15, 0.2) is 4.99 Å². The Labute approximate surface area is 138 Å². The lowest BCUT2D eigenvalue weighted by molar-refractivity contribution is 0.0117. The highest BCUT2D eigenvalue weighted by molar-refractivity contribution is 14.0. The summed E-state index contributed by atoms with van der Waals surface area (Å²) in [5, 5.41) is 3.27. The van der Waals surface area contributed by atoms with E-state index in [-0.39, 0.29) is 24.0 Å². The predicted molar refractivity (Wildman–Crippen MR) is 91.6 cm³/mol. The number of rotatable bonds is 5. The zero-order valence-corrected chi connectivity index (χ0v) is 14.5. The molecule has 3 aliphatic rings. The van der Waals surface area contributed by atoms with Gasteiger partial charge < -0.3 is 15.8 Å². The summed E-state index contributed by atoms with van der Waals surface area (Å²) < 4.78 is 5.42. The van der Waals surface area contributed by atoms with E-state index in [1.54, 1.807) is 0 Å². The maximum Gasteiger partial charge on any atom is 0.188 e. The first-order valence-corrected chi connectivity index (χ1v) is 7.65. The molecule has 3 rings (SSSR count). The van der Waals surface area contributed by atoms with Gasteiger partial charge in [0, 0.05) is 25.2 Å². The predicted octanol–water partition coefficient (Wildman–Crippen LogP) is 1.17. The molecule has 2 aliphatic carbocycles. The molecule has 0 radical (unpaired) electrons. The summed E-state index contributed by atoms with van der Waals surface area (Å²) in [6, 6.07) is 0. The normalized spacial score (nSPS) is 26.5. The van der Waals surface area contributed by atoms with Gasteiger partial charge in [-0.05, 0) is 31.6 Å². The van der Waals surface area contributed by atoms with Crippen molar-refractivity contribution in [3.8, 4) is 0 Å². The Morgan fingerprint density at radius 1 is 1.30 bits per heavy atom. The van der Waals surface area contributed by atoms with E-state index >= 15 is 0 Å². The van der Waals surface area contributed by atoms with Crippen molar-refractivity contribution in [1.82, 2.24) is 10.2 Å². The van der Waals surface area contributed by atoms with E-state index in [1.165, 1.54) is 32.1 Å². The second kappa shape index (κ2) is 7.26. The average Bonchev–Trinajstić information content (AvgIpc) is 3.17. The number of halogens is 1. The van der Waals surface area contributed by atoms with Crippen molar-refractivity contribution in [1.29, 1.82) is 0 Å². The molecule has 0 bridgehead atoms.